The summed E-state index contributed by atoms with van der Waals surface area (Å²) < 4.78 is 11.9. The third-order valence-corrected chi connectivity index (χ3v) is 8.75. The Morgan fingerprint density at radius 1 is 0.949 bits per heavy atom. The maximum absolute atomic E-state index is 6.38. The number of aryl methyl sites for hydroxylation is 2. The minimum absolute atomic E-state index is 0.0506. The molecular weight excluding hydrogens is 663 g/mol. The smallest absolute Gasteiger partial charge is 0.0561 e. The zero-order valence-corrected chi connectivity index (χ0v) is 25.2. The summed E-state index contributed by atoms with van der Waals surface area (Å²) >= 11 is 2.37. The second-order valence-corrected chi connectivity index (χ2v) is 12.2. The van der Waals surface area contributed by atoms with E-state index in [1.165, 1.54) is 16.6 Å². The Morgan fingerprint density at radius 3 is 2.51 bits per heavy atom. The van der Waals surface area contributed by atoms with Crippen LogP contribution in [0.25, 0.3) is 16.7 Å². The van der Waals surface area contributed by atoms with E-state index in [4.69, 9.17) is 9.72 Å². The predicted octanol–water partition coefficient (Wildman–Crippen LogP) is 7.61. The third kappa shape index (κ3) is 4.78. The summed E-state index contributed by atoms with van der Waals surface area (Å²) in [5.74, 6) is 2.29. The normalized spacial score (nSPS) is 15.5. The fraction of sp³-hybridized carbons (Fsp3) is 0.273. The van der Waals surface area contributed by atoms with E-state index in [2.05, 4.69) is 129 Å². The number of anilines is 2. The molecule has 0 saturated carbocycles. The molecule has 0 fully saturated rings. The number of ether oxygens (including phenoxy) is 1. The first kappa shape index (κ1) is 25.8. The summed E-state index contributed by atoms with van der Waals surface area (Å²) in [6, 6.07) is 30.3. The minimum atomic E-state index is 0.0506. The summed E-state index contributed by atoms with van der Waals surface area (Å²) in [7, 11) is 2.09. The number of pyridine rings is 1. The van der Waals surface area contributed by atoms with Gasteiger partial charge in [0.05, 0.1) is 0 Å². The van der Waals surface area contributed by atoms with Crippen LogP contribution < -0.4 is 9.64 Å². The Kier molecular flexibility index (Phi) is 6.59. The fourth-order valence-corrected chi connectivity index (χ4v) is 6.10. The molecule has 5 nitrogen and oxygen atoms in total. The van der Waals surface area contributed by atoms with E-state index in [0.29, 0.717) is 17.5 Å². The number of para-hydroxylation sites is 2. The molecule has 6 heteroatoms. The number of aromatic nitrogens is 3. The molecular formula is C33H32N4OPt-2. The molecule has 0 amide bonds. The van der Waals surface area contributed by atoms with Gasteiger partial charge in [-0.05, 0) is 17.0 Å². The van der Waals surface area contributed by atoms with Crippen molar-refractivity contribution in [2.75, 3.05) is 4.90 Å². The Labute approximate surface area is 241 Å². The summed E-state index contributed by atoms with van der Waals surface area (Å²) in [4.78, 5) is 7.09. The van der Waals surface area contributed by atoms with Crippen LogP contribution in [-0.2, 0) is 38.2 Å². The molecule has 5 aromatic rings. The van der Waals surface area contributed by atoms with Gasteiger partial charge in [-0.1, -0.05) is 20.8 Å². The van der Waals surface area contributed by atoms with Crippen molar-refractivity contribution in [1.82, 2.24) is 14.1 Å². The molecule has 0 spiro atoms. The first-order chi connectivity index (χ1) is 18.7. The number of hydrogen-bond donors (Lipinski definition) is 0. The van der Waals surface area contributed by atoms with Gasteiger partial charge >= 0.3 is 198 Å². The summed E-state index contributed by atoms with van der Waals surface area (Å²) in [5, 5.41) is 0. The van der Waals surface area contributed by atoms with Gasteiger partial charge in [0.15, 0.2) is 0 Å². The Hall–Kier alpha value is -3.43. The van der Waals surface area contributed by atoms with E-state index in [9.17, 15) is 0 Å². The van der Waals surface area contributed by atoms with Gasteiger partial charge in [0.25, 0.3) is 0 Å². The van der Waals surface area contributed by atoms with Crippen LogP contribution in [0.4, 0.5) is 11.5 Å². The zero-order chi connectivity index (χ0) is 27.3. The average Bonchev–Trinajstić information content (AvgIpc) is 3.18. The van der Waals surface area contributed by atoms with E-state index in [1.54, 1.807) is 0 Å². The number of rotatable bonds is 4. The Balaban J connectivity index is 1.36. The molecule has 0 radical (unpaired) electrons. The number of imidazole rings is 1. The van der Waals surface area contributed by atoms with Crippen LogP contribution in [0.3, 0.4) is 0 Å². The zero-order valence-electron chi connectivity index (χ0n) is 22.9. The monoisotopic (exact) mass is 695 g/mol. The molecule has 1 aliphatic heterocycles. The maximum atomic E-state index is 6.38. The van der Waals surface area contributed by atoms with E-state index >= 15 is 0 Å². The second kappa shape index (κ2) is 9.95. The van der Waals surface area contributed by atoms with Crippen LogP contribution in [0.5, 0.6) is 11.5 Å². The van der Waals surface area contributed by atoms with E-state index in [-0.39, 0.29) is 5.41 Å². The van der Waals surface area contributed by atoms with Crippen molar-refractivity contribution in [3.05, 3.63) is 100.0 Å². The molecule has 202 valence electrons. The van der Waals surface area contributed by atoms with Crippen LogP contribution in [0, 0.1) is 15.9 Å². The standard InChI is InChI=1S/C33H32N4O.Pt/c1-23-13-14-24-15-16-28(21-31(24)37(23)32-19-25(17-18-34-32)33(2,3)4)38-27-10-8-9-26(20-27)36-22-35(5)29-11-6-7-12-30(29)36;/h6-12,15-19,23H,13-14H2,1-5H3;/q-2;. The predicted molar refractivity (Wildman–Crippen MR) is 153 cm³/mol. The molecule has 0 saturated heterocycles. The van der Waals surface area contributed by atoms with Gasteiger partial charge in [-0.15, -0.1) is 0 Å². The van der Waals surface area contributed by atoms with Crippen LogP contribution in [0.2, 0.25) is 0 Å². The van der Waals surface area contributed by atoms with Crippen molar-refractivity contribution in [2.45, 2.75) is 52.0 Å². The molecule has 39 heavy (non-hydrogen) atoms. The molecule has 0 N–H and O–H groups in total. The summed E-state index contributed by atoms with van der Waals surface area (Å²) in [5.41, 5.74) is 6.87. The molecule has 2 aromatic heterocycles. The van der Waals surface area contributed by atoms with Gasteiger partial charge in [0, 0.05) is 6.20 Å². The van der Waals surface area contributed by atoms with Gasteiger partial charge < -0.3 is 0 Å². The molecule has 3 heterocycles. The van der Waals surface area contributed by atoms with Gasteiger partial charge in [0.1, 0.15) is 0 Å². The Bertz CT molecular complexity index is 1740. The van der Waals surface area contributed by atoms with E-state index < -0.39 is 0 Å². The molecule has 0 bridgehead atoms. The first-order valence-corrected chi connectivity index (χ1v) is 14.5. The fourth-order valence-electron chi connectivity index (χ4n) is 5.28. The summed E-state index contributed by atoms with van der Waals surface area (Å²) in [6.45, 7) is 8.97. The Morgan fingerprint density at radius 2 is 1.72 bits per heavy atom. The van der Waals surface area contributed by atoms with Crippen molar-refractivity contribution in [1.29, 1.82) is 0 Å². The third-order valence-electron chi connectivity index (χ3n) is 7.48. The number of nitrogens with zero attached hydrogens (tertiary/aromatic N) is 4. The molecule has 0 aliphatic carbocycles. The van der Waals surface area contributed by atoms with E-state index in [1.807, 2.05) is 24.4 Å². The van der Waals surface area contributed by atoms with Crippen molar-refractivity contribution >= 4 is 22.5 Å². The quantitative estimate of drug-likeness (QED) is 0.182. The molecule has 3 aromatic carbocycles. The minimum Gasteiger partial charge on any atom is -0.0561 e. The molecule has 1 unspecified atom stereocenters. The van der Waals surface area contributed by atoms with Crippen LogP contribution in [-0.4, -0.2) is 20.2 Å². The van der Waals surface area contributed by atoms with Crippen LogP contribution in [0.15, 0.2) is 72.9 Å². The average molecular weight is 696 g/mol. The van der Waals surface area contributed by atoms with Crippen LogP contribution in [0.1, 0.15) is 45.2 Å². The van der Waals surface area contributed by atoms with Gasteiger partial charge in [-0.25, -0.2) is 0 Å². The summed E-state index contributed by atoms with van der Waals surface area (Å²) in [6.07, 6.45) is 4.00. The van der Waals surface area contributed by atoms with Crippen molar-refractivity contribution < 1.29 is 24.1 Å². The number of benzene rings is 3. The second-order valence-electron chi connectivity index (χ2n) is 11.2. The van der Waals surface area contributed by atoms with Gasteiger partial charge in [0.2, 0.25) is 0 Å². The van der Waals surface area contributed by atoms with Crippen molar-refractivity contribution in [3.8, 4) is 17.2 Å². The van der Waals surface area contributed by atoms with Gasteiger partial charge in [-0.3, -0.25) is 0 Å². The molecule has 1 atom stereocenters. The molecule has 1 aliphatic rings. The first-order valence-electron chi connectivity index (χ1n) is 13.3. The van der Waals surface area contributed by atoms with Crippen molar-refractivity contribution in [2.24, 2.45) is 7.05 Å². The van der Waals surface area contributed by atoms with E-state index in [0.717, 1.165) is 39.4 Å². The SMILES string of the molecule is CC1CCc2ccc(Oc3[c-]c(-n4[c](=[Pt])n(C)c5ccccc54)ccc3)[c-]c2N1c1cc(C(C)(C)C)ccn1. The topological polar surface area (TPSA) is 35.2 Å². The molecule has 6 rings (SSSR count). The van der Waals surface area contributed by atoms with Crippen LogP contribution >= 0.6 is 0 Å². The number of hydrogen-bond acceptors (Lipinski definition) is 3. The van der Waals surface area contributed by atoms with Crippen molar-refractivity contribution in [3.63, 3.8) is 0 Å². The van der Waals surface area contributed by atoms with Gasteiger partial charge in [-0.2, -0.15) is 0 Å². The number of fused-ring (bicyclic) bond motifs is 2.